The van der Waals surface area contributed by atoms with Crippen LogP contribution in [0.2, 0.25) is 0 Å². The number of rotatable bonds is 14. The number of unbranched alkanes of at least 4 members (excludes halogenated alkanes) is 9. The zero-order valence-electron chi connectivity index (χ0n) is 15.5. The minimum Gasteiger partial charge on any atom is -0.859 e. The van der Waals surface area contributed by atoms with E-state index in [1.807, 2.05) is 0 Å². The second-order valence-electron chi connectivity index (χ2n) is 7.52. The summed E-state index contributed by atoms with van der Waals surface area (Å²) in [6.45, 7) is 7.27. The molecule has 22 heavy (non-hydrogen) atoms. The van der Waals surface area contributed by atoms with Crippen molar-refractivity contribution >= 4 is 5.90 Å². The largest absolute Gasteiger partial charge is 0.859 e. The molecule has 0 fully saturated rings. The Kier molecular flexibility index (Phi) is 12.2. The van der Waals surface area contributed by atoms with E-state index in [0.29, 0.717) is 12.1 Å². The molecule has 0 heterocycles. The lowest BCUT2D eigenvalue weighted by molar-refractivity contribution is -0.870. The van der Waals surface area contributed by atoms with Crippen LogP contribution in [0.3, 0.4) is 0 Å². The van der Waals surface area contributed by atoms with Gasteiger partial charge in [-0.05, 0) is 37.7 Å². The van der Waals surface area contributed by atoms with Gasteiger partial charge < -0.3 is 14.6 Å². The highest BCUT2D eigenvalue weighted by molar-refractivity contribution is 5.88. The first-order valence-corrected chi connectivity index (χ1v) is 9.01. The van der Waals surface area contributed by atoms with Crippen molar-refractivity contribution in [1.82, 2.24) is 0 Å². The van der Waals surface area contributed by atoms with Crippen molar-refractivity contribution in [1.29, 1.82) is 0 Å². The van der Waals surface area contributed by atoms with E-state index in [2.05, 4.69) is 32.7 Å². The lowest BCUT2D eigenvalue weighted by Gasteiger charge is -2.23. The summed E-state index contributed by atoms with van der Waals surface area (Å²) < 4.78 is 1.09. The molecule has 0 unspecified atom stereocenters. The molecule has 0 aromatic carbocycles. The van der Waals surface area contributed by atoms with Crippen molar-refractivity contribution in [3.63, 3.8) is 0 Å². The molecule has 0 aromatic rings. The van der Waals surface area contributed by atoms with Crippen LogP contribution in [0, 0.1) is 0 Å². The number of quaternary nitrogens is 1. The van der Waals surface area contributed by atoms with Crippen LogP contribution < -0.4 is 5.11 Å². The van der Waals surface area contributed by atoms with E-state index >= 15 is 0 Å². The minimum absolute atomic E-state index is 0.134. The third-order valence-corrected chi connectivity index (χ3v) is 3.86. The zero-order chi connectivity index (χ0) is 16.8. The Morgan fingerprint density at radius 1 is 0.818 bits per heavy atom. The van der Waals surface area contributed by atoms with Gasteiger partial charge in [-0.2, -0.15) is 0 Å². The van der Waals surface area contributed by atoms with Crippen molar-refractivity contribution in [3.05, 3.63) is 12.2 Å². The predicted molar refractivity (Wildman–Crippen MR) is 96.2 cm³/mol. The van der Waals surface area contributed by atoms with Crippen LogP contribution in [0.25, 0.3) is 0 Å². The monoisotopic (exact) mass is 310 g/mol. The quantitative estimate of drug-likeness (QED) is 0.207. The summed E-state index contributed by atoms with van der Waals surface area (Å²) in [5.41, 5.74) is 0.543. The number of hydrogen-bond acceptors (Lipinski definition) is 2. The molecular weight excluding hydrogens is 272 g/mol. The summed E-state index contributed by atoms with van der Waals surface area (Å²) in [6, 6.07) is 0. The Morgan fingerprint density at radius 2 is 1.23 bits per heavy atom. The van der Waals surface area contributed by atoms with Gasteiger partial charge in [-0.15, -0.1) is 0 Å². The van der Waals surface area contributed by atoms with Crippen molar-refractivity contribution in [2.24, 2.45) is 4.99 Å². The first kappa shape index (κ1) is 21.2. The van der Waals surface area contributed by atoms with Gasteiger partial charge in [0.2, 0.25) is 0 Å². The topological polar surface area (TPSA) is 35.4 Å². The van der Waals surface area contributed by atoms with Gasteiger partial charge in [-0.25, -0.2) is 0 Å². The first-order chi connectivity index (χ1) is 10.3. The minimum atomic E-state index is -0.134. The van der Waals surface area contributed by atoms with E-state index in [-0.39, 0.29) is 5.90 Å². The lowest BCUT2D eigenvalue weighted by atomic mass is 10.1. The van der Waals surface area contributed by atoms with Crippen molar-refractivity contribution in [2.75, 3.05) is 34.2 Å². The molecule has 0 aliphatic heterocycles. The van der Waals surface area contributed by atoms with Gasteiger partial charge in [0, 0.05) is 6.54 Å². The highest BCUT2D eigenvalue weighted by Gasteiger charge is 2.04. The van der Waals surface area contributed by atoms with Gasteiger partial charge in [0.15, 0.2) is 0 Å². The summed E-state index contributed by atoms with van der Waals surface area (Å²) in [7, 11) is 6.80. The molecule has 0 aromatic heterocycles. The second-order valence-corrected chi connectivity index (χ2v) is 7.52. The molecule has 0 aliphatic carbocycles. The van der Waals surface area contributed by atoms with Crippen LogP contribution in [-0.2, 0) is 0 Å². The number of hydrogen-bond donors (Lipinski definition) is 0. The summed E-state index contributed by atoms with van der Waals surface area (Å²) >= 11 is 0. The molecule has 0 amide bonds. The Hall–Kier alpha value is -0.830. The Morgan fingerprint density at radius 3 is 1.64 bits per heavy atom. The molecule has 0 saturated carbocycles. The fraction of sp³-hybridized carbons (Fsp3) is 0.842. The first-order valence-electron chi connectivity index (χ1n) is 9.01. The van der Waals surface area contributed by atoms with Gasteiger partial charge >= 0.3 is 0 Å². The molecule has 130 valence electrons. The van der Waals surface area contributed by atoms with Gasteiger partial charge in [-0.3, -0.25) is 0 Å². The molecule has 3 nitrogen and oxygen atoms in total. The highest BCUT2D eigenvalue weighted by Crippen LogP contribution is 2.11. The average Bonchev–Trinajstić information content (AvgIpc) is 2.42. The maximum absolute atomic E-state index is 11.2. The predicted octanol–water partition coefficient (Wildman–Crippen LogP) is 3.93. The van der Waals surface area contributed by atoms with Gasteiger partial charge in [0.1, 0.15) is 0 Å². The lowest BCUT2D eigenvalue weighted by Crippen LogP contribution is -2.35. The molecule has 0 spiro atoms. The Labute approximate surface area is 138 Å². The fourth-order valence-electron chi connectivity index (χ4n) is 2.43. The zero-order valence-corrected chi connectivity index (χ0v) is 15.5. The molecule has 0 bridgehead atoms. The fourth-order valence-corrected chi connectivity index (χ4v) is 2.43. The Balaban J connectivity index is 3.21. The van der Waals surface area contributed by atoms with Crippen LogP contribution >= 0.6 is 0 Å². The van der Waals surface area contributed by atoms with E-state index in [4.69, 9.17) is 0 Å². The SMILES string of the molecule is C=C(C)C([O-])=NCCCCCCCCCCCC[N+](C)(C)C. The van der Waals surface area contributed by atoms with E-state index in [0.717, 1.165) is 10.9 Å². The van der Waals surface area contributed by atoms with Crippen molar-refractivity contribution < 1.29 is 9.59 Å². The smallest absolute Gasteiger partial charge is 0.0780 e. The van der Waals surface area contributed by atoms with E-state index in [9.17, 15) is 5.11 Å². The van der Waals surface area contributed by atoms with Crippen LogP contribution in [0.15, 0.2) is 17.1 Å². The van der Waals surface area contributed by atoms with E-state index in [1.165, 1.54) is 64.3 Å². The molecular formula is C19H38N2O. The summed E-state index contributed by atoms with van der Waals surface area (Å²) in [4.78, 5) is 3.98. The van der Waals surface area contributed by atoms with E-state index < -0.39 is 0 Å². The maximum Gasteiger partial charge on any atom is 0.0780 e. The van der Waals surface area contributed by atoms with Crippen LogP contribution in [0.5, 0.6) is 0 Å². The molecule has 0 N–H and O–H groups in total. The standard InChI is InChI=1S/C19H38N2O/c1-18(2)19(22)20-16-14-12-10-8-6-7-9-11-13-15-17-21(3,4)5/h1,6-17H2,2-5H3. The summed E-state index contributed by atoms with van der Waals surface area (Å²) in [5.74, 6) is -0.134. The van der Waals surface area contributed by atoms with Crippen molar-refractivity contribution in [2.45, 2.75) is 71.1 Å². The van der Waals surface area contributed by atoms with Crippen molar-refractivity contribution in [3.8, 4) is 0 Å². The average molecular weight is 311 g/mol. The van der Waals surface area contributed by atoms with Gasteiger partial charge in [0.25, 0.3) is 0 Å². The highest BCUT2D eigenvalue weighted by atomic mass is 16.3. The van der Waals surface area contributed by atoms with Crippen LogP contribution in [0.1, 0.15) is 71.1 Å². The Bertz CT molecular complexity index is 316. The normalized spacial score (nSPS) is 12.6. The molecule has 0 aliphatic rings. The number of aliphatic imine (C=N–C) groups is 1. The van der Waals surface area contributed by atoms with Gasteiger partial charge in [0.05, 0.1) is 27.7 Å². The summed E-state index contributed by atoms with van der Waals surface area (Å²) in [5, 5.41) is 11.2. The molecule has 0 saturated heterocycles. The summed E-state index contributed by atoms with van der Waals surface area (Å²) in [6.07, 6.45) is 13.1. The van der Waals surface area contributed by atoms with Gasteiger partial charge in [-0.1, -0.05) is 51.5 Å². The maximum atomic E-state index is 11.2. The third-order valence-electron chi connectivity index (χ3n) is 3.86. The second kappa shape index (κ2) is 12.7. The molecule has 3 heteroatoms. The molecule has 0 radical (unpaired) electrons. The van der Waals surface area contributed by atoms with E-state index in [1.54, 1.807) is 6.92 Å². The van der Waals surface area contributed by atoms with Crippen LogP contribution in [-0.4, -0.2) is 44.6 Å². The van der Waals surface area contributed by atoms with Crippen LogP contribution in [0.4, 0.5) is 0 Å². The molecule has 0 atom stereocenters. The molecule has 0 rings (SSSR count). The third kappa shape index (κ3) is 15.6. The number of nitrogens with zero attached hydrogens (tertiary/aromatic N) is 2.